The molecule has 1 aromatic heterocycles. The number of hydrogen-bond acceptors (Lipinski definition) is 3. The molecule has 0 bridgehead atoms. The highest BCUT2D eigenvalue weighted by atomic mass is 16.5. The fourth-order valence-electron chi connectivity index (χ4n) is 3.14. The lowest BCUT2D eigenvalue weighted by Crippen LogP contribution is -2.29. The van der Waals surface area contributed by atoms with Crippen LogP contribution in [0.5, 0.6) is 0 Å². The summed E-state index contributed by atoms with van der Waals surface area (Å²) < 4.78 is 7.56. The van der Waals surface area contributed by atoms with Crippen LogP contribution in [-0.2, 0) is 22.4 Å². The van der Waals surface area contributed by atoms with Crippen molar-refractivity contribution < 1.29 is 9.53 Å². The largest absolute Gasteiger partial charge is 0.368 e. The number of nitrogens with one attached hydrogen (secondary N) is 1. The van der Waals surface area contributed by atoms with Crippen molar-refractivity contribution in [3.63, 3.8) is 0 Å². The number of amides is 1. The Bertz CT molecular complexity index is 735. The molecule has 1 heterocycles. The van der Waals surface area contributed by atoms with Gasteiger partial charge in [-0.2, -0.15) is 5.10 Å². The van der Waals surface area contributed by atoms with Crippen molar-refractivity contribution in [1.29, 1.82) is 0 Å². The summed E-state index contributed by atoms with van der Waals surface area (Å²) >= 11 is 0. The smallest absolute Gasteiger partial charge is 0.254 e. The Labute approximate surface area is 142 Å². The van der Waals surface area contributed by atoms with E-state index in [-0.39, 0.29) is 5.91 Å². The Balaban J connectivity index is 1.56. The van der Waals surface area contributed by atoms with E-state index in [1.165, 1.54) is 18.4 Å². The molecule has 0 saturated heterocycles. The van der Waals surface area contributed by atoms with E-state index in [1.54, 1.807) is 0 Å². The van der Waals surface area contributed by atoms with Crippen LogP contribution in [0.2, 0.25) is 0 Å². The van der Waals surface area contributed by atoms with Crippen molar-refractivity contribution in [2.75, 3.05) is 11.9 Å². The maximum Gasteiger partial charge on any atom is 0.254 e. The summed E-state index contributed by atoms with van der Waals surface area (Å²) in [5, 5.41) is 7.79. The third-order valence-corrected chi connectivity index (χ3v) is 4.80. The van der Waals surface area contributed by atoms with Crippen molar-refractivity contribution in [1.82, 2.24) is 9.78 Å². The topological polar surface area (TPSA) is 56.1 Å². The van der Waals surface area contributed by atoms with Crippen molar-refractivity contribution in [3.05, 3.63) is 41.6 Å². The molecule has 126 valence electrons. The molecule has 1 saturated carbocycles. The van der Waals surface area contributed by atoms with Crippen LogP contribution in [0.4, 0.5) is 5.82 Å². The average Bonchev–Trinajstić information content (AvgIpc) is 3.22. The fraction of sp³-hybridized carbons (Fsp3) is 0.474. The molecule has 5 nitrogen and oxygen atoms in total. The van der Waals surface area contributed by atoms with Gasteiger partial charge in [-0.15, -0.1) is 0 Å². The van der Waals surface area contributed by atoms with Crippen molar-refractivity contribution in [3.8, 4) is 5.69 Å². The van der Waals surface area contributed by atoms with Gasteiger partial charge in [-0.05, 0) is 57.1 Å². The Hall–Kier alpha value is -2.14. The number of anilines is 1. The quantitative estimate of drug-likeness (QED) is 0.888. The predicted molar refractivity (Wildman–Crippen MR) is 92.4 cm³/mol. The number of aromatic nitrogens is 2. The predicted octanol–water partition coefficient (Wildman–Crippen LogP) is 3.11. The van der Waals surface area contributed by atoms with Crippen LogP contribution < -0.4 is 5.32 Å². The standard InChI is InChI=1S/C19H23N3O2/c1-13(24-12-14-10-11-14)19(23)20-18-16-8-5-9-17(16)21-22(18)15-6-3-2-4-7-15/h2-4,6-7,13-14H,5,8-12H2,1H3,(H,20,23)/t13-/m1/s1. The van der Waals surface area contributed by atoms with E-state index in [9.17, 15) is 4.79 Å². The number of rotatable bonds is 6. The van der Waals surface area contributed by atoms with Crippen molar-refractivity contribution in [2.45, 2.75) is 45.1 Å². The molecular weight excluding hydrogens is 302 g/mol. The van der Waals surface area contributed by atoms with Gasteiger partial charge in [-0.1, -0.05) is 18.2 Å². The first kappa shape index (κ1) is 15.4. The molecule has 2 aliphatic rings. The Morgan fingerprint density at radius 3 is 2.88 bits per heavy atom. The maximum atomic E-state index is 12.5. The maximum absolute atomic E-state index is 12.5. The lowest BCUT2D eigenvalue weighted by molar-refractivity contribution is -0.126. The van der Waals surface area contributed by atoms with Gasteiger partial charge in [0.25, 0.3) is 5.91 Å². The van der Waals surface area contributed by atoms with Crippen LogP contribution in [0.15, 0.2) is 30.3 Å². The molecule has 1 N–H and O–H groups in total. The van der Waals surface area contributed by atoms with Gasteiger partial charge < -0.3 is 10.1 Å². The minimum atomic E-state index is -0.443. The van der Waals surface area contributed by atoms with Gasteiger partial charge in [0.05, 0.1) is 18.0 Å². The lowest BCUT2D eigenvalue weighted by Gasteiger charge is -2.15. The van der Waals surface area contributed by atoms with Crippen LogP contribution in [-0.4, -0.2) is 28.4 Å². The van der Waals surface area contributed by atoms with E-state index in [4.69, 9.17) is 9.84 Å². The zero-order chi connectivity index (χ0) is 16.5. The van der Waals surface area contributed by atoms with E-state index < -0.39 is 6.10 Å². The third kappa shape index (κ3) is 3.08. The third-order valence-electron chi connectivity index (χ3n) is 4.80. The molecule has 5 heteroatoms. The average molecular weight is 325 g/mol. The summed E-state index contributed by atoms with van der Waals surface area (Å²) in [5.74, 6) is 1.36. The van der Waals surface area contributed by atoms with E-state index in [1.807, 2.05) is 41.9 Å². The van der Waals surface area contributed by atoms with Crippen LogP contribution >= 0.6 is 0 Å². The van der Waals surface area contributed by atoms with Crippen LogP contribution in [0.25, 0.3) is 5.69 Å². The second-order valence-electron chi connectivity index (χ2n) is 6.78. The van der Waals surface area contributed by atoms with Crippen LogP contribution in [0, 0.1) is 5.92 Å². The number of aryl methyl sites for hydroxylation is 1. The number of fused-ring (bicyclic) bond motifs is 1. The van der Waals surface area contributed by atoms with Gasteiger partial charge >= 0.3 is 0 Å². The molecule has 0 unspecified atom stereocenters. The van der Waals surface area contributed by atoms with E-state index in [2.05, 4.69) is 5.32 Å². The summed E-state index contributed by atoms with van der Waals surface area (Å²) in [6.07, 6.45) is 5.05. The number of benzene rings is 1. The normalized spacial score (nSPS) is 17.5. The lowest BCUT2D eigenvalue weighted by atomic mass is 10.2. The molecule has 24 heavy (non-hydrogen) atoms. The minimum absolute atomic E-state index is 0.0950. The Morgan fingerprint density at radius 1 is 1.33 bits per heavy atom. The van der Waals surface area contributed by atoms with Crippen LogP contribution in [0.1, 0.15) is 37.4 Å². The molecule has 0 aliphatic heterocycles. The summed E-state index contributed by atoms with van der Waals surface area (Å²) in [6, 6.07) is 9.95. The molecule has 2 aromatic rings. The molecule has 4 rings (SSSR count). The van der Waals surface area contributed by atoms with Gasteiger partial charge in [0.2, 0.25) is 0 Å². The number of hydrogen-bond donors (Lipinski definition) is 1. The van der Waals surface area contributed by atoms with E-state index in [0.717, 1.165) is 36.5 Å². The fourth-order valence-corrected chi connectivity index (χ4v) is 3.14. The first-order chi connectivity index (χ1) is 11.7. The summed E-state index contributed by atoms with van der Waals surface area (Å²) in [7, 11) is 0. The first-order valence-electron chi connectivity index (χ1n) is 8.81. The summed E-state index contributed by atoms with van der Waals surface area (Å²) in [5.41, 5.74) is 3.23. The molecule has 1 fully saturated rings. The van der Waals surface area contributed by atoms with Gasteiger partial charge in [-0.3, -0.25) is 4.79 Å². The molecule has 1 aromatic carbocycles. The number of nitrogens with zero attached hydrogens (tertiary/aromatic N) is 2. The monoisotopic (exact) mass is 325 g/mol. The first-order valence-corrected chi connectivity index (χ1v) is 8.81. The molecular formula is C19H23N3O2. The van der Waals surface area contributed by atoms with Gasteiger partial charge in [-0.25, -0.2) is 4.68 Å². The number of carbonyl (C=O) groups excluding carboxylic acids is 1. The van der Waals surface area contributed by atoms with Crippen molar-refractivity contribution in [2.24, 2.45) is 5.92 Å². The highest BCUT2D eigenvalue weighted by Gasteiger charge is 2.27. The molecule has 1 atom stereocenters. The second-order valence-corrected chi connectivity index (χ2v) is 6.78. The SMILES string of the molecule is C[C@@H](OCC1CC1)C(=O)Nc1c2c(nn1-c1ccccc1)CCC2. The highest BCUT2D eigenvalue weighted by Crippen LogP contribution is 2.31. The minimum Gasteiger partial charge on any atom is -0.368 e. The van der Waals surface area contributed by atoms with Gasteiger partial charge in [0.1, 0.15) is 11.9 Å². The van der Waals surface area contributed by atoms with Crippen molar-refractivity contribution >= 4 is 11.7 Å². The second kappa shape index (κ2) is 6.40. The zero-order valence-electron chi connectivity index (χ0n) is 14.0. The van der Waals surface area contributed by atoms with Gasteiger partial charge in [0.15, 0.2) is 0 Å². The Morgan fingerprint density at radius 2 is 2.12 bits per heavy atom. The molecule has 2 aliphatic carbocycles. The van der Waals surface area contributed by atoms with Crippen LogP contribution in [0.3, 0.4) is 0 Å². The molecule has 0 radical (unpaired) electrons. The number of para-hydroxylation sites is 1. The number of carbonyl (C=O) groups is 1. The highest BCUT2D eigenvalue weighted by molar-refractivity contribution is 5.94. The van der Waals surface area contributed by atoms with E-state index >= 15 is 0 Å². The summed E-state index contributed by atoms with van der Waals surface area (Å²) in [6.45, 7) is 2.51. The number of ether oxygens (including phenoxy) is 1. The molecule has 0 spiro atoms. The van der Waals surface area contributed by atoms with Gasteiger partial charge in [0, 0.05) is 5.56 Å². The summed E-state index contributed by atoms with van der Waals surface area (Å²) in [4.78, 5) is 12.5. The van der Waals surface area contributed by atoms with E-state index in [0.29, 0.717) is 12.5 Å². The molecule has 1 amide bonds. The Kier molecular flexibility index (Phi) is 4.10. The zero-order valence-corrected chi connectivity index (χ0v) is 14.0.